The molecule has 0 saturated carbocycles. The molecule has 5 aromatic rings. The SMILES string of the molecule is CC1=C(c2nc3ccccc3n2Cc2ccccc2)C(c2ccc(Cl)c(Cl)c2)n2nccc2N1. The van der Waals surface area contributed by atoms with Crippen molar-refractivity contribution in [2.75, 3.05) is 5.32 Å². The minimum Gasteiger partial charge on any atom is -0.344 e. The highest BCUT2D eigenvalue weighted by molar-refractivity contribution is 6.42. The summed E-state index contributed by atoms with van der Waals surface area (Å²) in [5.74, 6) is 1.82. The van der Waals surface area contributed by atoms with Crippen molar-refractivity contribution in [3.8, 4) is 0 Å². The van der Waals surface area contributed by atoms with Gasteiger partial charge in [-0.15, -0.1) is 0 Å². The van der Waals surface area contributed by atoms with Gasteiger partial charge >= 0.3 is 0 Å². The molecule has 1 aliphatic heterocycles. The average Bonchev–Trinajstić information content (AvgIpc) is 3.45. The fourth-order valence-electron chi connectivity index (χ4n) is 4.69. The molecule has 1 atom stereocenters. The van der Waals surface area contributed by atoms with Gasteiger partial charge in [-0.2, -0.15) is 5.10 Å². The molecule has 0 amide bonds. The van der Waals surface area contributed by atoms with Crippen LogP contribution in [0.1, 0.15) is 29.9 Å². The molecule has 0 spiro atoms. The van der Waals surface area contributed by atoms with Gasteiger partial charge in [0.1, 0.15) is 17.7 Å². The summed E-state index contributed by atoms with van der Waals surface area (Å²) in [4.78, 5) is 5.12. The second-order valence-corrected chi connectivity index (χ2v) is 9.21. The van der Waals surface area contributed by atoms with Crippen LogP contribution in [0.4, 0.5) is 5.82 Å². The largest absolute Gasteiger partial charge is 0.344 e. The molecule has 3 aromatic carbocycles. The van der Waals surface area contributed by atoms with E-state index in [0.29, 0.717) is 16.6 Å². The summed E-state index contributed by atoms with van der Waals surface area (Å²) < 4.78 is 4.26. The molecule has 7 heteroatoms. The maximum Gasteiger partial charge on any atom is 0.141 e. The average molecular weight is 486 g/mol. The van der Waals surface area contributed by atoms with Gasteiger partial charge in [-0.1, -0.05) is 71.7 Å². The van der Waals surface area contributed by atoms with Gasteiger partial charge in [0.25, 0.3) is 0 Å². The minimum atomic E-state index is -0.215. The number of hydrogen-bond acceptors (Lipinski definition) is 3. The van der Waals surface area contributed by atoms with Crippen LogP contribution in [0.2, 0.25) is 10.0 Å². The van der Waals surface area contributed by atoms with Crippen LogP contribution in [0.3, 0.4) is 0 Å². The second kappa shape index (κ2) is 8.35. The van der Waals surface area contributed by atoms with Gasteiger partial charge in [-0.25, -0.2) is 9.67 Å². The van der Waals surface area contributed by atoms with E-state index in [1.165, 1.54) is 5.56 Å². The van der Waals surface area contributed by atoms with Crippen molar-refractivity contribution in [3.05, 3.63) is 118 Å². The van der Waals surface area contributed by atoms with Gasteiger partial charge < -0.3 is 9.88 Å². The first kappa shape index (κ1) is 21.0. The van der Waals surface area contributed by atoms with Crippen molar-refractivity contribution >= 4 is 45.6 Å². The molecule has 6 rings (SSSR count). The number of nitrogens with one attached hydrogen (secondary N) is 1. The molecule has 1 N–H and O–H groups in total. The number of imidazole rings is 1. The topological polar surface area (TPSA) is 47.7 Å². The molecule has 5 nitrogen and oxygen atoms in total. The van der Waals surface area contributed by atoms with Crippen LogP contribution in [-0.2, 0) is 6.54 Å². The Morgan fingerprint density at radius 3 is 2.53 bits per heavy atom. The third-order valence-electron chi connectivity index (χ3n) is 6.25. The zero-order valence-corrected chi connectivity index (χ0v) is 19.9. The molecule has 168 valence electrons. The van der Waals surface area contributed by atoms with Crippen LogP contribution in [0.25, 0.3) is 16.6 Å². The third kappa shape index (κ3) is 3.49. The quantitative estimate of drug-likeness (QED) is 0.297. The second-order valence-electron chi connectivity index (χ2n) is 8.40. The zero-order chi connectivity index (χ0) is 23.2. The molecule has 1 unspecified atom stereocenters. The van der Waals surface area contributed by atoms with E-state index >= 15 is 0 Å². The Hall–Kier alpha value is -3.54. The van der Waals surface area contributed by atoms with E-state index in [4.69, 9.17) is 28.2 Å². The Balaban J connectivity index is 1.59. The molecule has 3 heterocycles. The van der Waals surface area contributed by atoms with Crippen molar-refractivity contribution in [1.29, 1.82) is 0 Å². The van der Waals surface area contributed by atoms with Gasteiger partial charge in [-0.3, -0.25) is 0 Å². The van der Waals surface area contributed by atoms with Crippen LogP contribution in [-0.4, -0.2) is 19.3 Å². The van der Waals surface area contributed by atoms with Crippen LogP contribution in [0.5, 0.6) is 0 Å². The molecule has 0 aliphatic carbocycles. The summed E-state index contributed by atoms with van der Waals surface area (Å²) in [6.45, 7) is 2.79. The van der Waals surface area contributed by atoms with E-state index in [0.717, 1.165) is 39.5 Å². The number of nitrogens with zero attached hydrogens (tertiary/aromatic N) is 4. The summed E-state index contributed by atoms with van der Waals surface area (Å²) in [6, 6.07) is 26.2. The molecule has 0 fully saturated rings. The monoisotopic (exact) mass is 485 g/mol. The molecule has 0 radical (unpaired) electrons. The number of hydrogen-bond donors (Lipinski definition) is 1. The third-order valence-corrected chi connectivity index (χ3v) is 6.99. The Morgan fingerprint density at radius 2 is 1.71 bits per heavy atom. The summed E-state index contributed by atoms with van der Waals surface area (Å²) >= 11 is 12.7. The normalized spacial score (nSPS) is 15.4. The van der Waals surface area contributed by atoms with E-state index in [-0.39, 0.29) is 6.04 Å². The maximum atomic E-state index is 6.45. The molecule has 2 aromatic heterocycles. The van der Waals surface area contributed by atoms with Gasteiger partial charge in [0.15, 0.2) is 0 Å². The van der Waals surface area contributed by atoms with Crippen molar-refractivity contribution in [1.82, 2.24) is 19.3 Å². The molecule has 34 heavy (non-hydrogen) atoms. The summed E-state index contributed by atoms with van der Waals surface area (Å²) in [5, 5.41) is 9.21. The highest BCUT2D eigenvalue weighted by Gasteiger charge is 2.32. The van der Waals surface area contributed by atoms with Gasteiger partial charge in [0.2, 0.25) is 0 Å². The van der Waals surface area contributed by atoms with Crippen LogP contribution >= 0.6 is 23.2 Å². The fourth-order valence-corrected chi connectivity index (χ4v) is 5.00. The first-order chi connectivity index (χ1) is 16.6. The highest BCUT2D eigenvalue weighted by Crippen LogP contribution is 2.42. The lowest BCUT2D eigenvalue weighted by atomic mass is 9.94. The van der Waals surface area contributed by atoms with Crippen molar-refractivity contribution in [3.63, 3.8) is 0 Å². The summed E-state index contributed by atoms with van der Waals surface area (Å²) in [7, 11) is 0. The Bertz CT molecular complexity index is 1550. The lowest BCUT2D eigenvalue weighted by molar-refractivity contribution is 0.611. The predicted molar refractivity (Wildman–Crippen MR) is 138 cm³/mol. The van der Waals surface area contributed by atoms with Crippen molar-refractivity contribution in [2.24, 2.45) is 0 Å². The molecule has 1 aliphatic rings. The Kier molecular flexibility index (Phi) is 5.16. The zero-order valence-electron chi connectivity index (χ0n) is 18.4. The number of benzene rings is 3. The number of anilines is 1. The van der Waals surface area contributed by atoms with Crippen molar-refractivity contribution < 1.29 is 0 Å². The number of halogens is 2. The van der Waals surface area contributed by atoms with Gasteiger partial charge in [-0.05, 0) is 42.3 Å². The predicted octanol–water partition coefficient (Wildman–Crippen LogP) is 7.03. The number of para-hydroxylation sites is 2. The van der Waals surface area contributed by atoms with Gasteiger partial charge in [0, 0.05) is 23.9 Å². The van der Waals surface area contributed by atoms with E-state index in [9.17, 15) is 0 Å². The standard InChI is InChI=1S/C27H21Cl2N5/c1-17-25(26(34-24(31-17)13-14-30-34)19-11-12-20(28)21(29)15-19)27-32-22-9-5-6-10-23(22)33(27)16-18-7-3-2-4-8-18/h2-15,26,31H,16H2,1H3. The first-order valence-electron chi connectivity index (χ1n) is 11.1. The number of aromatic nitrogens is 4. The highest BCUT2D eigenvalue weighted by atomic mass is 35.5. The van der Waals surface area contributed by atoms with Crippen LogP contribution in [0, 0.1) is 0 Å². The van der Waals surface area contributed by atoms with E-state index < -0.39 is 0 Å². The van der Waals surface area contributed by atoms with Crippen LogP contribution in [0.15, 0.2) is 90.8 Å². The number of rotatable bonds is 4. The van der Waals surface area contributed by atoms with E-state index in [1.54, 1.807) is 6.20 Å². The minimum absolute atomic E-state index is 0.215. The van der Waals surface area contributed by atoms with E-state index in [1.807, 2.05) is 41.1 Å². The first-order valence-corrected chi connectivity index (χ1v) is 11.8. The van der Waals surface area contributed by atoms with Gasteiger partial charge in [0.05, 0.1) is 27.3 Å². The lowest BCUT2D eigenvalue weighted by Crippen LogP contribution is -2.25. The smallest absolute Gasteiger partial charge is 0.141 e. The molecule has 0 saturated heterocycles. The Labute approximate surface area is 207 Å². The summed E-state index contributed by atoms with van der Waals surface area (Å²) in [6.07, 6.45) is 1.80. The lowest BCUT2D eigenvalue weighted by Gasteiger charge is -2.30. The number of allylic oxidation sites excluding steroid dienone is 2. The number of fused-ring (bicyclic) bond motifs is 2. The van der Waals surface area contributed by atoms with Crippen molar-refractivity contribution in [2.45, 2.75) is 19.5 Å². The maximum absolute atomic E-state index is 6.45. The summed E-state index contributed by atoms with van der Waals surface area (Å²) in [5.41, 5.74) is 6.30. The Morgan fingerprint density at radius 1 is 0.912 bits per heavy atom. The van der Waals surface area contributed by atoms with E-state index in [2.05, 4.69) is 64.4 Å². The molecule has 0 bridgehead atoms. The fraction of sp³-hybridized carbons (Fsp3) is 0.111. The van der Waals surface area contributed by atoms with Crippen LogP contribution < -0.4 is 5.32 Å². The molecular weight excluding hydrogens is 465 g/mol. The molecular formula is C27H21Cl2N5.